The van der Waals surface area contributed by atoms with Crippen LogP contribution in [0.4, 0.5) is 0 Å². The molecule has 4 heteroatoms. The van der Waals surface area contributed by atoms with Crippen LogP contribution in [0.1, 0.15) is 71.0 Å². The van der Waals surface area contributed by atoms with Crippen LogP contribution >= 0.6 is 0 Å². The Bertz CT molecular complexity index is 413. The van der Waals surface area contributed by atoms with E-state index in [1.807, 2.05) is 17.0 Å². The molecule has 1 aromatic heterocycles. The van der Waals surface area contributed by atoms with Crippen LogP contribution in [0.5, 0.6) is 0 Å². The minimum atomic E-state index is -1.02. The van der Waals surface area contributed by atoms with Gasteiger partial charge in [-0.25, -0.2) is 9.13 Å². The summed E-state index contributed by atoms with van der Waals surface area (Å²) in [4.78, 5) is 10.8. The van der Waals surface area contributed by atoms with Crippen LogP contribution in [0, 0.1) is 0 Å². The Morgan fingerprint density at radius 1 is 1.10 bits per heavy atom. The first kappa shape index (κ1) is 17.7. The van der Waals surface area contributed by atoms with Gasteiger partial charge in [-0.05, 0) is 12.8 Å². The number of nitrogens with zero attached hydrogens (tertiary/aromatic N) is 2. The van der Waals surface area contributed by atoms with Gasteiger partial charge in [-0.2, -0.15) is 0 Å². The standard InChI is InChI=1S/C17H30N2O2/c1-3-5-6-7-8-9-10-11-16-18(12-4-2)13-14-19(16)15-17(20)21/h13-14H,3-12,15H2,1-2H3. The van der Waals surface area contributed by atoms with Gasteiger partial charge < -0.3 is 9.90 Å². The highest BCUT2D eigenvalue weighted by molar-refractivity contribution is 5.62. The zero-order valence-electron chi connectivity index (χ0n) is 13.6. The van der Waals surface area contributed by atoms with Crippen LogP contribution in [0.15, 0.2) is 12.4 Å². The number of carboxylic acids is 1. The molecule has 0 N–H and O–H groups in total. The molecule has 0 spiro atoms. The summed E-state index contributed by atoms with van der Waals surface area (Å²) >= 11 is 0. The second kappa shape index (κ2) is 10.4. The molecule has 0 amide bonds. The third-order valence-electron chi connectivity index (χ3n) is 3.86. The molecule has 4 nitrogen and oxygen atoms in total. The number of aliphatic carboxylic acids is 1. The van der Waals surface area contributed by atoms with Gasteiger partial charge in [0, 0.05) is 6.42 Å². The van der Waals surface area contributed by atoms with Gasteiger partial charge in [0.05, 0.1) is 12.5 Å². The minimum absolute atomic E-state index is 0.0391. The molecular formula is C17H30N2O2. The predicted octanol–water partition coefficient (Wildman–Crippen LogP) is 2.23. The first-order valence-electron chi connectivity index (χ1n) is 8.46. The third kappa shape index (κ3) is 6.78. The molecule has 0 aliphatic rings. The van der Waals surface area contributed by atoms with E-state index >= 15 is 0 Å². The van der Waals surface area contributed by atoms with E-state index in [2.05, 4.69) is 18.4 Å². The fourth-order valence-electron chi connectivity index (χ4n) is 2.75. The van der Waals surface area contributed by atoms with Crippen molar-refractivity contribution in [3.05, 3.63) is 18.2 Å². The predicted molar refractivity (Wildman–Crippen MR) is 81.6 cm³/mol. The number of imidazole rings is 1. The van der Waals surface area contributed by atoms with E-state index in [0.717, 1.165) is 31.6 Å². The Hall–Kier alpha value is -1.32. The van der Waals surface area contributed by atoms with Crippen molar-refractivity contribution in [3.63, 3.8) is 0 Å². The molecule has 0 atom stereocenters. The quantitative estimate of drug-likeness (QED) is 0.438. The molecule has 1 rings (SSSR count). The smallest absolute Gasteiger partial charge is 0.256 e. The highest BCUT2D eigenvalue weighted by atomic mass is 16.4. The summed E-state index contributed by atoms with van der Waals surface area (Å²) in [6.45, 7) is 5.28. The van der Waals surface area contributed by atoms with Gasteiger partial charge in [0.15, 0.2) is 0 Å². The van der Waals surface area contributed by atoms with Gasteiger partial charge in [-0.1, -0.05) is 52.4 Å². The number of unbranched alkanes of at least 4 members (excludes halogenated alkanes) is 6. The van der Waals surface area contributed by atoms with Gasteiger partial charge in [0.1, 0.15) is 18.9 Å². The van der Waals surface area contributed by atoms with Crippen molar-refractivity contribution < 1.29 is 14.5 Å². The van der Waals surface area contributed by atoms with Crippen molar-refractivity contribution in [2.24, 2.45) is 0 Å². The Kier molecular flexibility index (Phi) is 8.79. The SMILES string of the molecule is CCCCCCCCCc1n(CCC)cc[n+]1CC(=O)[O-]. The lowest BCUT2D eigenvalue weighted by Crippen LogP contribution is -2.45. The van der Waals surface area contributed by atoms with Crippen molar-refractivity contribution in [2.75, 3.05) is 0 Å². The van der Waals surface area contributed by atoms with E-state index < -0.39 is 5.97 Å². The van der Waals surface area contributed by atoms with E-state index in [9.17, 15) is 9.90 Å². The average molecular weight is 294 g/mol. The van der Waals surface area contributed by atoms with E-state index in [-0.39, 0.29) is 6.54 Å². The van der Waals surface area contributed by atoms with Crippen LogP contribution in [-0.4, -0.2) is 10.5 Å². The van der Waals surface area contributed by atoms with Crippen molar-refractivity contribution in [3.8, 4) is 0 Å². The monoisotopic (exact) mass is 294 g/mol. The number of carboxylic acid groups (broad SMARTS) is 1. The maximum atomic E-state index is 10.8. The molecule has 120 valence electrons. The Labute approximate surface area is 128 Å². The highest BCUT2D eigenvalue weighted by Crippen LogP contribution is 2.10. The molecule has 0 saturated heterocycles. The fourth-order valence-corrected chi connectivity index (χ4v) is 2.75. The number of hydrogen-bond acceptors (Lipinski definition) is 2. The summed E-state index contributed by atoms with van der Waals surface area (Å²) in [7, 11) is 0. The first-order valence-corrected chi connectivity index (χ1v) is 8.46. The number of aryl methyl sites for hydroxylation is 1. The molecule has 1 aromatic rings. The van der Waals surface area contributed by atoms with E-state index in [0.29, 0.717) is 0 Å². The molecule has 21 heavy (non-hydrogen) atoms. The van der Waals surface area contributed by atoms with Crippen LogP contribution < -0.4 is 9.67 Å². The Morgan fingerprint density at radius 3 is 2.38 bits per heavy atom. The van der Waals surface area contributed by atoms with Gasteiger partial charge in [-0.15, -0.1) is 0 Å². The summed E-state index contributed by atoms with van der Waals surface area (Å²) in [6, 6.07) is 0. The molecule has 0 unspecified atom stereocenters. The molecule has 0 aromatic carbocycles. The van der Waals surface area contributed by atoms with Crippen molar-refractivity contribution >= 4 is 5.97 Å². The lowest BCUT2D eigenvalue weighted by molar-refractivity contribution is -0.697. The average Bonchev–Trinajstić information content (AvgIpc) is 2.80. The second-order valence-corrected chi connectivity index (χ2v) is 5.78. The molecule has 1 heterocycles. The van der Waals surface area contributed by atoms with Crippen LogP contribution in [0.3, 0.4) is 0 Å². The summed E-state index contributed by atoms with van der Waals surface area (Å²) in [5, 5.41) is 10.8. The van der Waals surface area contributed by atoms with E-state index in [4.69, 9.17) is 0 Å². The normalized spacial score (nSPS) is 11.0. The van der Waals surface area contributed by atoms with Crippen LogP contribution in [-0.2, 0) is 24.3 Å². The Morgan fingerprint density at radius 2 is 1.76 bits per heavy atom. The molecule has 0 aliphatic carbocycles. The van der Waals surface area contributed by atoms with Gasteiger partial charge in [-0.3, -0.25) is 0 Å². The number of hydrogen-bond donors (Lipinski definition) is 0. The second-order valence-electron chi connectivity index (χ2n) is 5.78. The molecular weight excluding hydrogens is 264 g/mol. The van der Waals surface area contributed by atoms with Crippen molar-refractivity contribution in [1.82, 2.24) is 4.57 Å². The molecule has 0 aliphatic heterocycles. The van der Waals surface area contributed by atoms with Gasteiger partial charge in [0.2, 0.25) is 0 Å². The fraction of sp³-hybridized carbons (Fsp3) is 0.765. The zero-order chi connectivity index (χ0) is 15.5. The van der Waals surface area contributed by atoms with Gasteiger partial charge >= 0.3 is 0 Å². The minimum Gasteiger partial charge on any atom is -0.546 e. The first-order chi connectivity index (χ1) is 10.2. The topological polar surface area (TPSA) is 48.9 Å². The number of carbonyl (C=O) groups excluding carboxylic acids is 1. The maximum Gasteiger partial charge on any atom is 0.256 e. The molecule has 0 saturated carbocycles. The van der Waals surface area contributed by atoms with E-state index in [1.165, 1.54) is 38.5 Å². The van der Waals surface area contributed by atoms with E-state index in [1.54, 1.807) is 0 Å². The van der Waals surface area contributed by atoms with Gasteiger partial charge in [0.25, 0.3) is 5.82 Å². The van der Waals surface area contributed by atoms with Crippen LogP contribution in [0.25, 0.3) is 0 Å². The summed E-state index contributed by atoms with van der Waals surface area (Å²) in [5.41, 5.74) is 0. The zero-order valence-corrected chi connectivity index (χ0v) is 13.6. The summed E-state index contributed by atoms with van der Waals surface area (Å²) in [6.07, 6.45) is 14.8. The lowest BCUT2D eigenvalue weighted by Gasteiger charge is -2.06. The summed E-state index contributed by atoms with van der Waals surface area (Å²) < 4.78 is 4.00. The largest absolute Gasteiger partial charge is 0.546 e. The highest BCUT2D eigenvalue weighted by Gasteiger charge is 2.16. The number of carbonyl (C=O) groups is 1. The Balaban J connectivity index is 2.43. The lowest BCUT2D eigenvalue weighted by atomic mass is 10.1. The maximum absolute atomic E-state index is 10.8. The van der Waals surface area contributed by atoms with Crippen molar-refractivity contribution in [1.29, 1.82) is 0 Å². The number of aromatic nitrogens is 2. The number of rotatable bonds is 12. The summed E-state index contributed by atoms with van der Waals surface area (Å²) in [5.74, 6) is 0.102. The molecule has 0 bridgehead atoms. The third-order valence-corrected chi connectivity index (χ3v) is 3.86. The van der Waals surface area contributed by atoms with Crippen molar-refractivity contribution in [2.45, 2.75) is 84.7 Å². The van der Waals surface area contributed by atoms with Crippen LogP contribution in [0.2, 0.25) is 0 Å². The molecule has 0 fully saturated rings. The molecule has 0 radical (unpaired) electrons.